The number of nitrogens with zero attached hydrogens (tertiary/aromatic N) is 1. The summed E-state index contributed by atoms with van der Waals surface area (Å²) in [5.74, 6) is 0.472. The fourth-order valence-electron chi connectivity index (χ4n) is 2.67. The first-order valence-corrected chi connectivity index (χ1v) is 8.68. The number of rotatable bonds is 6. The van der Waals surface area contributed by atoms with Gasteiger partial charge < -0.3 is 14.1 Å². The number of anilines is 1. The second-order valence-corrected chi connectivity index (χ2v) is 6.26. The van der Waals surface area contributed by atoms with Crippen molar-refractivity contribution >= 4 is 28.5 Å². The number of benzene rings is 2. The predicted molar refractivity (Wildman–Crippen MR) is 108 cm³/mol. The lowest BCUT2D eigenvalue weighted by atomic mass is 10.1. The molecule has 1 heterocycles. The van der Waals surface area contributed by atoms with Gasteiger partial charge in [0.15, 0.2) is 5.78 Å². The van der Waals surface area contributed by atoms with E-state index < -0.39 is 5.63 Å². The smallest absolute Gasteiger partial charge is 0.343 e. The van der Waals surface area contributed by atoms with Gasteiger partial charge in [0.2, 0.25) is 0 Å². The number of carbonyl (C=O) groups is 1. The Bertz CT molecular complexity index is 1050. The van der Waals surface area contributed by atoms with Gasteiger partial charge in [0, 0.05) is 36.8 Å². The van der Waals surface area contributed by atoms with Crippen LogP contribution in [0.4, 0.5) is 5.69 Å². The van der Waals surface area contributed by atoms with Crippen molar-refractivity contribution in [2.24, 2.45) is 0 Å². The molecule has 0 amide bonds. The third-order valence-corrected chi connectivity index (χ3v) is 4.13. The van der Waals surface area contributed by atoms with Gasteiger partial charge >= 0.3 is 5.63 Å². The van der Waals surface area contributed by atoms with E-state index in [2.05, 4.69) is 0 Å². The molecule has 0 bridgehead atoms. The van der Waals surface area contributed by atoms with Crippen LogP contribution in [0.5, 0.6) is 5.75 Å². The Kier molecular flexibility index (Phi) is 5.41. The van der Waals surface area contributed by atoms with Crippen LogP contribution in [0.25, 0.3) is 17.0 Å². The number of hydrogen-bond donors (Lipinski definition) is 0. The Morgan fingerprint density at radius 2 is 1.85 bits per heavy atom. The molecular weight excluding hydrogens is 342 g/mol. The van der Waals surface area contributed by atoms with Crippen LogP contribution in [0, 0.1) is 0 Å². The van der Waals surface area contributed by atoms with Gasteiger partial charge in [-0.2, -0.15) is 0 Å². The van der Waals surface area contributed by atoms with Crippen LogP contribution in [0.1, 0.15) is 22.8 Å². The highest BCUT2D eigenvalue weighted by Gasteiger charge is 2.07. The van der Waals surface area contributed by atoms with E-state index in [-0.39, 0.29) is 5.78 Å². The number of allylic oxidation sites excluding steroid dienone is 1. The van der Waals surface area contributed by atoms with Crippen molar-refractivity contribution in [2.45, 2.75) is 6.92 Å². The van der Waals surface area contributed by atoms with Crippen LogP contribution in [-0.2, 0) is 0 Å². The van der Waals surface area contributed by atoms with E-state index in [9.17, 15) is 9.59 Å². The van der Waals surface area contributed by atoms with Gasteiger partial charge in [0.25, 0.3) is 0 Å². The Morgan fingerprint density at radius 3 is 2.52 bits per heavy atom. The van der Waals surface area contributed by atoms with E-state index in [1.54, 1.807) is 24.3 Å². The summed E-state index contributed by atoms with van der Waals surface area (Å²) in [4.78, 5) is 26.5. The van der Waals surface area contributed by atoms with E-state index in [1.165, 1.54) is 12.2 Å². The Morgan fingerprint density at radius 1 is 1.11 bits per heavy atom. The summed E-state index contributed by atoms with van der Waals surface area (Å²) in [6.45, 7) is 2.42. The monoisotopic (exact) mass is 363 g/mol. The Labute approximate surface area is 157 Å². The first-order valence-electron chi connectivity index (χ1n) is 8.68. The first kappa shape index (κ1) is 18.5. The van der Waals surface area contributed by atoms with Crippen LogP contribution in [0.15, 0.2) is 63.8 Å². The van der Waals surface area contributed by atoms with Crippen molar-refractivity contribution in [1.29, 1.82) is 0 Å². The van der Waals surface area contributed by atoms with Crippen molar-refractivity contribution < 1.29 is 13.9 Å². The first-order chi connectivity index (χ1) is 13.0. The third-order valence-electron chi connectivity index (χ3n) is 4.13. The second kappa shape index (κ2) is 7.91. The molecule has 0 atom stereocenters. The fourth-order valence-corrected chi connectivity index (χ4v) is 2.67. The number of fused-ring (bicyclic) bond motifs is 1. The summed E-state index contributed by atoms with van der Waals surface area (Å²) < 4.78 is 10.8. The molecule has 0 saturated heterocycles. The second-order valence-electron chi connectivity index (χ2n) is 6.26. The van der Waals surface area contributed by atoms with Gasteiger partial charge in [-0.25, -0.2) is 4.79 Å². The molecule has 0 saturated carbocycles. The molecule has 1 aromatic heterocycles. The predicted octanol–water partition coefficient (Wildman–Crippen LogP) is 4.15. The van der Waals surface area contributed by atoms with Gasteiger partial charge in [0.1, 0.15) is 11.3 Å². The molecule has 0 N–H and O–H groups in total. The molecule has 0 fully saturated rings. The number of ketones is 1. The highest BCUT2D eigenvalue weighted by atomic mass is 16.5. The molecule has 3 rings (SSSR count). The molecule has 0 aliphatic rings. The average Bonchev–Trinajstić information content (AvgIpc) is 2.66. The van der Waals surface area contributed by atoms with Crippen LogP contribution < -0.4 is 15.3 Å². The summed E-state index contributed by atoms with van der Waals surface area (Å²) >= 11 is 0. The summed E-state index contributed by atoms with van der Waals surface area (Å²) in [7, 11) is 3.88. The van der Waals surface area contributed by atoms with Gasteiger partial charge in [-0.3, -0.25) is 4.79 Å². The SMILES string of the molecule is CCOc1ccc2cc(C=CC(=O)c3ccc(N(C)C)cc3)c(=O)oc2c1. The van der Waals surface area contributed by atoms with Crippen LogP contribution in [-0.4, -0.2) is 26.5 Å². The molecule has 0 radical (unpaired) electrons. The number of ether oxygens (including phenoxy) is 1. The van der Waals surface area contributed by atoms with E-state index in [0.29, 0.717) is 29.1 Å². The van der Waals surface area contributed by atoms with Crippen LogP contribution >= 0.6 is 0 Å². The molecule has 0 aliphatic carbocycles. The molecule has 0 aliphatic heterocycles. The Hall–Kier alpha value is -3.34. The quantitative estimate of drug-likeness (QED) is 0.374. The normalized spacial score (nSPS) is 11.1. The molecule has 0 spiro atoms. The van der Waals surface area contributed by atoms with E-state index in [1.807, 2.05) is 50.2 Å². The standard InChI is InChI=1S/C22H21NO4/c1-4-26-19-11-7-16-13-17(22(25)27-21(16)14-19)8-12-20(24)15-5-9-18(10-6-15)23(2)3/h5-14H,4H2,1-3H3. The maximum Gasteiger partial charge on any atom is 0.343 e. The minimum absolute atomic E-state index is 0.175. The molecule has 5 nitrogen and oxygen atoms in total. The maximum absolute atomic E-state index is 12.3. The molecule has 3 aromatic rings. The van der Waals surface area contributed by atoms with Crippen LogP contribution in [0.3, 0.4) is 0 Å². The molecule has 0 unspecified atom stereocenters. The van der Waals surface area contributed by atoms with Crippen molar-refractivity contribution in [3.05, 3.63) is 76.2 Å². The summed E-state index contributed by atoms with van der Waals surface area (Å²) in [5.41, 5.74) is 1.85. The van der Waals surface area contributed by atoms with Gasteiger partial charge in [-0.05, 0) is 61.5 Å². The lowest BCUT2D eigenvalue weighted by Gasteiger charge is -2.11. The lowest BCUT2D eigenvalue weighted by Crippen LogP contribution is -2.08. The van der Waals surface area contributed by atoms with E-state index in [4.69, 9.17) is 9.15 Å². The minimum Gasteiger partial charge on any atom is -0.494 e. The van der Waals surface area contributed by atoms with Crippen molar-refractivity contribution in [3.8, 4) is 5.75 Å². The van der Waals surface area contributed by atoms with Gasteiger partial charge in [-0.1, -0.05) is 0 Å². The summed E-state index contributed by atoms with van der Waals surface area (Å²) in [6.07, 6.45) is 2.88. The summed E-state index contributed by atoms with van der Waals surface area (Å²) in [5, 5.41) is 0.764. The largest absolute Gasteiger partial charge is 0.494 e. The minimum atomic E-state index is -0.497. The molecule has 5 heteroatoms. The maximum atomic E-state index is 12.3. The topological polar surface area (TPSA) is 59.8 Å². The lowest BCUT2D eigenvalue weighted by molar-refractivity contribution is 0.104. The van der Waals surface area contributed by atoms with Gasteiger partial charge in [0.05, 0.1) is 12.2 Å². The fraction of sp³-hybridized carbons (Fsp3) is 0.182. The van der Waals surface area contributed by atoms with Gasteiger partial charge in [-0.15, -0.1) is 0 Å². The van der Waals surface area contributed by atoms with Crippen molar-refractivity contribution in [3.63, 3.8) is 0 Å². The zero-order chi connectivity index (χ0) is 19.4. The third kappa shape index (κ3) is 4.26. The van der Waals surface area contributed by atoms with E-state index in [0.717, 1.165) is 11.1 Å². The average molecular weight is 363 g/mol. The summed E-state index contributed by atoms with van der Waals surface area (Å²) in [6, 6.07) is 14.3. The highest BCUT2D eigenvalue weighted by molar-refractivity contribution is 6.07. The molecule has 27 heavy (non-hydrogen) atoms. The van der Waals surface area contributed by atoms with Crippen molar-refractivity contribution in [2.75, 3.05) is 25.6 Å². The zero-order valence-electron chi connectivity index (χ0n) is 15.6. The molecular formula is C22H21NO4. The Balaban J connectivity index is 1.84. The number of hydrogen-bond acceptors (Lipinski definition) is 5. The van der Waals surface area contributed by atoms with Crippen molar-refractivity contribution in [1.82, 2.24) is 0 Å². The number of carbonyl (C=O) groups excluding carboxylic acids is 1. The zero-order valence-corrected chi connectivity index (χ0v) is 15.6. The van der Waals surface area contributed by atoms with Crippen LogP contribution in [0.2, 0.25) is 0 Å². The highest BCUT2D eigenvalue weighted by Crippen LogP contribution is 2.21. The molecule has 138 valence electrons. The van der Waals surface area contributed by atoms with E-state index >= 15 is 0 Å². The molecule has 2 aromatic carbocycles.